The van der Waals surface area contributed by atoms with Gasteiger partial charge in [-0.1, -0.05) is 6.92 Å². The first-order valence-corrected chi connectivity index (χ1v) is 6.32. The van der Waals surface area contributed by atoms with Crippen molar-refractivity contribution in [2.24, 2.45) is 17.1 Å². The topological polar surface area (TPSA) is 113 Å². The number of likely N-dealkylation sites (tertiary alicyclic amines) is 1. The van der Waals surface area contributed by atoms with E-state index in [1.54, 1.807) is 13.8 Å². The summed E-state index contributed by atoms with van der Waals surface area (Å²) in [6.07, 6.45) is 0.934. The van der Waals surface area contributed by atoms with E-state index < -0.39 is 23.2 Å². The standard InChI is InChI=1S/C12H21N3O4/c1-8(9(16)17)3-5-14-11(19)15-6-4-12(2,7-15)10(13)18/h8H,3-7H2,1-2H3,(H2,13,18)(H,14,19)(H,16,17). The number of rotatable bonds is 5. The molecule has 0 aromatic rings. The van der Waals surface area contributed by atoms with Gasteiger partial charge in [0.1, 0.15) is 0 Å². The monoisotopic (exact) mass is 271 g/mol. The lowest BCUT2D eigenvalue weighted by Gasteiger charge is -2.21. The van der Waals surface area contributed by atoms with Gasteiger partial charge < -0.3 is 21.1 Å². The van der Waals surface area contributed by atoms with Gasteiger partial charge in [0.25, 0.3) is 0 Å². The number of carbonyl (C=O) groups excluding carboxylic acids is 2. The first kappa shape index (κ1) is 15.3. The minimum Gasteiger partial charge on any atom is -0.481 e. The van der Waals surface area contributed by atoms with Crippen LogP contribution in [-0.2, 0) is 9.59 Å². The average molecular weight is 271 g/mol. The van der Waals surface area contributed by atoms with Gasteiger partial charge in [-0.25, -0.2) is 4.79 Å². The molecule has 7 heteroatoms. The highest BCUT2D eigenvalue weighted by Crippen LogP contribution is 2.29. The summed E-state index contributed by atoms with van der Waals surface area (Å²) in [4.78, 5) is 35.2. The Bertz CT molecular complexity index is 385. The van der Waals surface area contributed by atoms with Crippen molar-refractivity contribution in [3.63, 3.8) is 0 Å². The molecule has 1 saturated heterocycles. The summed E-state index contributed by atoms with van der Waals surface area (Å²) >= 11 is 0. The van der Waals surface area contributed by atoms with E-state index >= 15 is 0 Å². The minimum atomic E-state index is -0.878. The second-order valence-corrected chi connectivity index (χ2v) is 5.36. The average Bonchev–Trinajstić information content (AvgIpc) is 2.73. The molecule has 1 heterocycles. The number of carbonyl (C=O) groups is 3. The van der Waals surface area contributed by atoms with Gasteiger partial charge in [0, 0.05) is 19.6 Å². The number of carboxylic acid groups (broad SMARTS) is 1. The van der Waals surface area contributed by atoms with Crippen molar-refractivity contribution in [2.75, 3.05) is 19.6 Å². The van der Waals surface area contributed by atoms with Crippen molar-refractivity contribution in [1.29, 1.82) is 0 Å². The number of nitrogens with two attached hydrogens (primary N) is 1. The van der Waals surface area contributed by atoms with Gasteiger partial charge in [-0.3, -0.25) is 9.59 Å². The first-order valence-electron chi connectivity index (χ1n) is 6.32. The molecule has 1 aliphatic rings. The van der Waals surface area contributed by atoms with E-state index in [-0.39, 0.29) is 6.03 Å². The van der Waals surface area contributed by atoms with Crippen LogP contribution in [-0.4, -0.2) is 47.5 Å². The summed E-state index contributed by atoms with van der Waals surface area (Å²) in [5.74, 6) is -1.77. The number of hydrogen-bond acceptors (Lipinski definition) is 3. The molecule has 2 atom stereocenters. The number of carboxylic acids is 1. The molecule has 4 N–H and O–H groups in total. The van der Waals surface area contributed by atoms with Crippen molar-refractivity contribution in [3.05, 3.63) is 0 Å². The molecule has 2 unspecified atom stereocenters. The Balaban J connectivity index is 2.36. The molecule has 0 spiro atoms. The van der Waals surface area contributed by atoms with Crippen LogP contribution < -0.4 is 11.1 Å². The molecule has 0 aliphatic carbocycles. The molecule has 0 aromatic carbocycles. The zero-order chi connectivity index (χ0) is 14.6. The van der Waals surface area contributed by atoms with Crippen LogP contribution in [0.3, 0.4) is 0 Å². The van der Waals surface area contributed by atoms with Crippen LogP contribution in [0.25, 0.3) is 0 Å². The van der Waals surface area contributed by atoms with Crippen molar-refractivity contribution >= 4 is 17.9 Å². The Labute approximate surface area is 112 Å². The van der Waals surface area contributed by atoms with Crippen molar-refractivity contribution in [3.8, 4) is 0 Å². The van der Waals surface area contributed by atoms with Crippen LogP contribution >= 0.6 is 0 Å². The molecule has 0 bridgehead atoms. The second-order valence-electron chi connectivity index (χ2n) is 5.36. The summed E-state index contributed by atoms with van der Waals surface area (Å²) in [6, 6.07) is -0.275. The van der Waals surface area contributed by atoms with Crippen molar-refractivity contribution in [1.82, 2.24) is 10.2 Å². The largest absolute Gasteiger partial charge is 0.481 e. The van der Waals surface area contributed by atoms with Gasteiger partial charge in [0.2, 0.25) is 5.91 Å². The molecule has 0 saturated carbocycles. The van der Waals surface area contributed by atoms with Crippen molar-refractivity contribution in [2.45, 2.75) is 26.7 Å². The molecule has 7 nitrogen and oxygen atoms in total. The molecule has 108 valence electrons. The molecule has 1 fully saturated rings. The lowest BCUT2D eigenvalue weighted by molar-refractivity contribution is -0.141. The maximum absolute atomic E-state index is 11.8. The van der Waals surface area contributed by atoms with Gasteiger partial charge in [0.15, 0.2) is 0 Å². The van der Waals surface area contributed by atoms with E-state index in [1.807, 2.05) is 0 Å². The van der Waals surface area contributed by atoms with E-state index in [0.717, 1.165) is 0 Å². The zero-order valence-corrected chi connectivity index (χ0v) is 11.3. The zero-order valence-electron chi connectivity index (χ0n) is 11.3. The maximum atomic E-state index is 11.8. The van der Waals surface area contributed by atoms with Gasteiger partial charge in [0.05, 0.1) is 11.3 Å². The van der Waals surface area contributed by atoms with E-state index in [9.17, 15) is 14.4 Å². The third-order valence-electron chi connectivity index (χ3n) is 3.63. The van der Waals surface area contributed by atoms with Crippen molar-refractivity contribution < 1.29 is 19.5 Å². The predicted molar refractivity (Wildman–Crippen MR) is 68.3 cm³/mol. The number of nitrogens with zero attached hydrogens (tertiary/aromatic N) is 1. The van der Waals surface area contributed by atoms with E-state index in [2.05, 4.69) is 5.32 Å². The molecule has 0 aromatic heterocycles. The summed E-state index contributed by atoms with van der Waals surface area (Å²) < 4.78 is 0. The van der Waals surface area contributed by atoms with Crippen LogP contribution in [0.2, 0.25) is 0 Å². The highest BCUT2D eigenvalue weighted by molar-refractivity contribution is 5.83. The van der Waals surface area contributed by atoms with Crippen LogP contribution in [0.4, 0.5) is 4.79 Å². The minimum absolute atomic E-state index is 0.275. The van der Waals surface area contributed by atoms with Crippen LogP contribution in [0, 0.1) is 11.3 Å². The Morgan fingerprint density at radius 1 is 1.47 bits per heavy atom. The Kier molecular flexibility index (Phi) is 4.74. The normalized spacial score (nSPS) is 24.0. The second kappa shape index (κ2) is 5.90. The summed E-state index contributed by atoms with van der Waals surface area (Å²) in [7, 11) is 0. The Morgan fingerprint density at radius 2 is 2.11 bits per heavy atom. The fraction of sp³-hybridized carbons (Fsp3) is 0.750. The lowest BCUT2D eigenvalue weighted by atomic mass is 9.89. The van der Waals surface area contributed by atoms with Gasteiger partial charge in [-0.2, -0.15) is 0 Å². The predicted octanol–water partition coefficient (Wildman–Crippen LogP) is 0.00410. The molecule has 0 radical (unpaired) electrons. The third kappa shape index (κ3) is 3.84. The van der Waals surface area contributed by atoms with Crippen LogP contribution in [0.1, 0.15) is 26.7 Å². The molecule has 19 heavy (non-hydrogen) atoms. The quantitative estimate of drug-likeness (QED) is 0.653. The van der Waals surface area contributed by atoms with Crippen LogP contribution in [0.5, 0.6) is 0 Å². The van der Waals surface area contributed by atoms with Gasteiger partial charge in [-0.15, -0.1) is 0 Å². The SMILES string of the molecule is CC(CCNC(=O)N1CCC(C)(C(N)=O)C1)C(=O)O. The summed E-state index contributed by atoms with van der Waals surface area (Å²) in [6.45, 7) is 4.43. The fourth-order valence-corrected chi connectivity index (χ4v) is 1.97. The number of hydrogen-bond donors (Lipinski definition) is 3. The smallest absolute Gasteiger partial charge is 0.317 e. The Morgan fingerprint density at radius 3 is 2.58 bits per heavy atom. The highest BCUT2D eigenvalue weighted by atomic mass is 16.4. The number of nitrogens with one attached hydrogen (secondary N) is 1. The molecule has 1 aliphatic heterocycles. The Hall–Kier alpha value is -1.79. The maximum Gasteiger partial charge on any atom is 0.317 e. The molecular formula is C12H21N3O4. The van der Waals surface area contributed by atoms with E-state index in [0.29, 0.717) is 32.5 Å². The number of urea groups is 1. The van der Waals surface area contributed by atoms with E-state index in [1.165, 1.54) is 4.90 Å². The fourth-order valence-electron chi connectivity index (χ4n) is 1.97. The lowest BCUT2D eigenvalue weighted by Crippen LogP contribution is -2.43. The van der Waals surface area contributed by atoms with Crippen LogP contribution in [0.15, 0.2) is 0 Å². The number of primary amides is 1. The number of aliphatic carboxylic acids is 1. The highest BCUT2D eigenvalue weighted by Gasteiger charge is 2.40. The molecule has 1 rings (SSSR count). The van der Waals surface area contributed by atoms with E-state index in [4.69, 9.17) is 10.8 Å². The molecule has 3 amide bonds. The third-order valence-corrected chi connectivity index (χ3v) is 3.63. The summed E-state index contributed by atoms with van der Waals surface area (Å²) in [5, 5.41) is 11.4. The number of amides is 3. The van der Waals surface area contributed by atoms with Gasteiger partial charge >= 0.3 is 12.0 Å². The molecular weight excluding hydrogens is 250 g/mol. The first-order chi connectivity index (χ1) is 8.76. The van der Waals surface area contributed by atoms with Gasteiger partial charge in [-0.05, 0) is 19.8 Å². The summed E-state index contributed by atoms with van der Waals surface area (Å²) in [5.41, 5.74) is 4.64.